The summed E-state index contributed by atoms with van der Waals surface area (Å²) >= 11 is 10.3. The minimum absolute atomic E-state index is 0.904. The summed E-state index contributed by atoms with van der Waals surface area (Å²) in [5, 5.41) is 5.02. The van der Waals surface area contributed by atoms with Gasteiger partial charge in [-0.05, 0) is 34.9 Å². The third kappa shape index (κ3) is 2.08. The minimum atomic E-state index is 0.904. The molecular weight excluding hydrogens is 270 g/mol. The Balaban J connectivity index is 2.94. The van der Waals surface area contributed by atoms with E-state index >= 15 is 0 Å². The normalized spacial score (nSPS) is 11.3. The second-order valence-electron chi connectivity index (χ2n) is 3.48. The lowest BCUT2D eigenvalue weighted by Crippen LogP contribution is -2.05. The van der Waals surface area contributed by atoms with Crippen LogP contribution in [0.5, 0.6) is 0 Å². The van der Waals surface area contributed by atoms with Crippen LogP contribution in [0.1, 0.15) is 12.5 Å². The number of hydrogen-bond acceptors (Lipinski definition) is 2. The monoisotopic (exact) mass is 280 g/mol. The first-order valence-corrected chi connectivity index (χ1v) is 8.84. The third-order valence-electron chi connectivity index (χ3n) is 2.66. The molecule has 2 rings (SSSR count). The van der Waals surface area contributed by atoms with Crippen molar-refractivity contribution in [3.05, 3.63) is 35.9 Å². The smallest absolute Gasteiger partial charge is 0.0209 e. The van der Waals surface area contributed by atoms with E-state index in [1.165, 1.54) is 26.9 Å². The first-order valence-electron chi connectivity index (χ1n) is 5.03. The summed E-state index contributed by atoms with van der Waals surface area (Å²) in [4.78, 5) is 0. The maximum Gasteiger partial charge on any atom is 0.0209 e. The van der Waals surface area contributed by atoms with Gasteiger partial charge in [0.25, 0.3) is 0 Å². The van der Waals surface area contributed by atoms with Crippen LogP contribution in [-0.4, -0.2) is 0 Å². The van der Waals surface area contributed by atoms with Gasteiger partial charge in [0.05, 0.1) is 0 Å². The third-order valence-corrected chi connectivity index (χ3v) is 5.00. The van der Waals surface area contributed by atoms with E-state index in [2.05, 4.69) is 37.3 Å². The fourth-order valence-corrected chi connectivity index (χ4v) is 3.74. The van der Waals surface area contributed by atoms with E-state index in [-0.39, 0.29) is 0 Å². The fourth-order valence-electron chi connectivity index (χ4n) is 1.90. The number of rotatable bonds is 3. The molecule has 0 radical (unpaired) electrons. The van der Waals surface area contributed by atoms with Crippen molar-refractivity contribution in [1.82, 2.24) is 0 Å². The van der Waals surface area contributed by atoms with Crippen LogP contribution in [0, 0.1) is 0 Å². The highest BCUT2D eigenvalue weighted by Gasteiger charge is 2.07. The second-order valence-corrected chi connectivity index (χ2v) is 5.90. The molecule has 0 atom stereocenters. The molecule has 0 fully saturated rings. The lowest BCUT2D eigenvalue weighted by molar-refractivity contribution is 1.16. The molecule has 0 spiro atoms. The highest BCUT2D eigenvalue weighted by atomic mass is 32.4. The van der Waals surface area contributed by atoms with E-state index in [1.54, 1.807) is 0 Å². The SMILES string of the molecule is CCc1cccc2c(P=S)ccc(P=S)c12. The van der Waals surface area contributed by atoms with Gasteiger partial charge in [0, 0.05) is 25.3 Å². The Bertz CT molecular complexity index is 564. The molecule has 2 aromatic carbocycles. The summed E-state index contributed by atoms with van der Waals surface area (Å²) in [6.45, 7) is 2.18. The van der Waals surface area contributed by atoms with Gasteiger partial charge < -0.3 is 0 Å². The Morgan fingerprint density at radius 3 is 2.31 bits per heavy atom. The van der Waals surface area contributed by atoms with Crippen LogP contribution in [0.3, 0.4) is 0 Å². The standard InChI is InChI=1S/C12H10P2S2/c1-2-8-4-3-5-9-10(13-15)6-7-11(14-16)12(8)9/h3-7H,2H2,1H3. The molecule has 0 nitrogen and oxygen atoms in total. The van der Waals surface area contributed by atoms with Gasteiger partial charge in [-0.25, -0.2) is 0 Å². The molecular formula is C12H10P2S2. The number of fused-ring (bicyclic) bond motifs is 1. The van der Waals surface area contributed by atoms with Crippen LogP contribution in [0.25, 0.3) is 10.8 Å². The van der Waals surface area contributed by atoms with Crippen molar-refractivity contribution in [3.8, 4) is 0 Å². The van der Waals surface area contributed by atoms with E-state index in [0.29, 0.717) is 0 Å². The van der Waals surface area contributed by atoms with Crippen LogP contribution in [0.15, 0.2) is 30.3 Å². The fraction of sp³-hybridized carbons (Fsp3) is 0.167. The summed E-state index contributed by atoms with van der Waals surface area (Å²) < 4.78 is 0. The van der Waals surface area contributed by atoms with Crippen LogP contribution in [0.2, 0.25) is 0 Å². The molecule has 0 N–H and O–H groups in total. The minimum Gasteiger partial charge on any atom is -0.0613 e. The van der Waals surface area contributed by atoms with Gasteiger partial charge in [-0.3, -0.25) is 0 Å². The molecule has 0 unspecified atom stereocenters. The Labute approximate surface area is 109 Å². The molecule has 2 aromatic rings. The molecule has 0 amide bonds. The zero-order valence-corrected chi connectivity index (χ0v) is 12.2. The Morgan fingerprint density at radius 1 is 1.00 bits per heavy atom. The largest absolute Gasteiger partial charge is 0.0613 e. The van der Waals surface area contributed by atoms with Crippen LogP contribution >= 0.6 is 14.7 Å². The highest BCUT2D eigenvalue weighted by Crippen LogP contribution is 2.21. The first kappa shape index (κ1) is 12.2. The van der Waals surface area contributed by atoms with E-state index in [4.69, 9.17) is 23.6 Å². The molecule has 0 heterocycles. The summed E-state index contributed by atoms with van der Waals surface area (Å²) in [6, 6.07) is 10.6. The van der Waals surface area contributed by atoms with E-state index in [1.807, 2.05) is 0 Å². The Hall–Kier alpha value is -0.260. The van der Waals surface area contributed by atoms with Crippen molar-refractivity contribution in [1.29, 1.82) is 0 Å². The molecule has 80 valence electrons. The van der Waals surface area contributed by atoms with Crippen LogP contribution in [-0.2, 0) is 30.0 Å². The highest BCUT2D eigenvalue weighted by molar-refractivity contribution is 8.00. The lowest BCUT2D eigenvalue weighted by Gasteiger charge is -2.08. The van der Waals surface area contributed by atoms with Gasteiger partial charge in [0.1, 0.15) is 0 Å². The average Bonchev–Trinajstić information content (AvgIpc) is 2.36. The van der Waals surface area contributed by atoms with Crippen LogP contribution in [0.4, 0.5) is 0 Å². The number of benzene rings is 2. The molecule has 0 saturated carbocycles. The lowest BCUT2D eigenvalue weighted by atomic mass is 10.0. The molecule has 0 aliphatic heterocycles. The zero-order valence-electron chi connectivity index (χ0n) is 8.80. The summed E-state index contributed by atoms with van der Waals surface area (Å²) in [5.74, 6) is 0. The maximum atomic E-state index is 5.18. The van der Waals surface area contributed by atoms with Gasteiger partial charge in [0.2, 0.25) is 0 Å². The predicted molar refractivity (Wildman–Crippen MR) is 81.2 cm³/mol. The van der Waals surface area contributed by atoms with Crippen molar-refractivity contribution in [2.45, 2.75) is 13.3 Å². The molecule has 0 bridgehead atoms. The molecule has 4 heteroatoms. The molecule has 0 aliphatic rings. The average molecular weight is 280 g/mol. The topological polar surface area (TPSA) is 0 Å². The Kier molecular flexibility index (Phi) is 4.10. The second kappa shape index (κ2) is 5.38. The van der Waals surface area contributed by atoms with Crippen LogP contribution < -0.4 is 10.6 Å². The van der Waals surface area contributed by atoms with E-state index in [9.17, 15) is 0 Å². The number of hydrogen-bond donors (Lipinski definition) is 0. The van der Waals surface area contributed by atoms with Crippen molar-refractivity contribution in [3.63, 3.8) is 0 Å². The zero-order chi connectivity index (χ0) is 11.5. The number of aryl methyl sites for hydroxylation is 1. The van der Waals surface area contributed by atoms with E-state index < -0.39 is 0 Å². The van der Waals surface area contributed by atoms with Gasteiger partial charge >= 0.3 is 0 Å². The van der Waals surface area contributed by atoms with Gasteiger partial charge in [-0.2, -0.15) is 0 Å². The molecule has 0 aliphatic carbocycles. The van der Waals surface area contributed by atoms with Gasteiger partial charge in [-0.1, -0.05) is 48.7 Å². The van der Waals surface area contributed by atoms with Crippen molar-refractivity contribution >= 4 is 59.7 Å². The first-order chi connectivity index (χ1) is 7.81. The van der Waals surface area contributed by atoms with Gasteiger partial charge in [-0.15, -0.1) is 0 Å². The summed E-state index contributed by atoms with van der Waals surface area (Å²) in [7, 11) is 1.81. The summed E-state index contributed by atoms with van der Waals surface area (Å²) in [6.07, 6.45) is 1.03. The van der Waals surface area contributed by atoms with Crippen molar-refractivity contribution in [2.24, 2.45) is 0 Å². The predicted octanol–water partition coefficient (Wildman–Crippen LogP) is 3.47. The quantitative estimate of drug-likeness (QED) is 0.790. The van der Waals surface area contributed by atoms with Gasteiger partial charge in [0.15, 0.2) is 0 Å². The molecule has 16 heavy (non-hydrogen) atoms. The molecule has 0 aromatic heterocycles. The van der Waals surface area contributed by atoms with Crippen molar-refractivity contribution in [2.75, 3.05) is 0 Å². The van der Waals surface area contributed by atoms with E-state index in [0.717, 1.165) is 21.1 Å². The van der Waals surface area contributed by atoms with Crippen molar-refractivity contribution < 1.29 is 0 Å². The summed E-state index contributed by atoms with van der Waals surface area (Å²) in [5.41, 5.74) is 1.37. The maximum absolute atomic E-state index is 5.18. The Morgan fingerprint density at radius 2 is 1.69 bits per heavy atom. The molecule has 0 saturated heterocycles.